The van der Waals surface area contributed by atoms with Crippen LogP contribution in [0, 0.1) is 0 Å². The number of rotatable bonds is 0. The Kier molecular flexibility index (Phi) is 2.08. The van der Waals surface area contributed by atoms with Crippen LogP contribution >= 0.6 is 15.9 Å². The number of anilines is 1. The zero-order valence-corrected chi connectivity index (χ0v) is 10.5. The Morgan fingerprint density at radius 3 is 3.07 bits per heavy atom. The van der Waals surface area contributed by atoms with Gasteiger partial charge in [0.25, 0.3) is 0 Å². The summed E-state index contributed by atoms with van der Waals surface area (Å²) in [4.78, 5) is 2.47. The Morgan fingerprint density at radius 2 is 2.33 bits per heavy atom. The van der Waals surface area contributed by atoms with Gasteiger partial charge in [-0.15, -0.1) is 0 Å². The maximum atomic E-state index is 3.55. The van der Waals surface area contributed by atoms with Crippen molar-refractivity contribution in [2.75, 3.05) is 25.0 Å². The number of likely N-dealkylation sites (N-methyl/N-ethyl adjacent to an activating group) is 1. The molecule has 0 amide bonds. The van der Waals surface area contributed by atoms with Crippen molar-refractivity contribution in [3.05, 3.63) is 28.2 Å². The fraction of sp³-hybridized carbons (Fsp3) is 0.500. The molecule has 1 N–H and O–H groups in total. The molecule has 1 spiro atoms. The highest BCUT2D eigenvalue weighted by Crippen LogP contribution is 2.41. The van der Waals surface area contributed by atoms with Crippen molar-refractivity contribution in [1.29, 1.82) is 0 Å². The van der Waals surface area contributed by atoms with Crippen LogP contribution in [0.2, 0.25) is 0 Å². The molecule has 3 heteroatoms. The highest BCUT2D eigenvalue weighted by molar-refractivity contribution is 9.10. The molecule has 0 aliphatic carbocycles. The van der Waals surface area contributed by atoms with E-state index in [0.29, 0.717) is 5.54 Å². The first-order valence-corrected chi connectivity index (χ1v) is 6.24. The van der Waals surface area contributed by atoms with E-state index in [2.05, 4.69) is 51.4 Å². The molecular weight excluding hydrogens is 252 g/mol. The van der Waals surface area contributed by atoms with Gasteiger partial charge in [-0.05, 0) is 37.1 Å². The van der Waals surface area contributed by atoms with E-state index in [0.717, 1.165) is 13.1 Å². The van der Waals surface area contributed by atoms with Crippen LogP contribution < -0.4 is 10.2 Å². The molecule has 80 valence electrons. The average molecular weight is 267 g/mol. The maximum absolute atomic E-state index is 3.55. The summed E-state index contributed by atoms with van der Waals surface area (Å²) in [5, 5.41) is 3.48. The minimum atomic E-state index is 0.350. The molecule has 1 fully saturated rings. The maximum Gasteiger partial charge on any atom is 0.0576 e. The molecule has 0 radical (unpaired) electrons. The van der Waals surface area contributed by atoms with Crippen molar-refractivity contribution in [2.45, 2.75) is 18.4 Å². The fourth-order valence-electron chi connectivity index (χ4n) is 2.90. The standard InChI is InChI=1S/C12H15BrN2/c1-15-11-6-10(13)3-2-9(11)7-12(15)4-5-14-8-12/h2-3,6,14H,4-5,7-8H2,1H3. The molecule has 2 heterocycles. The van der Waals surface area contributed by atoms with Gasteiger partial charge in [0.2, 0.25) is 0 Å². The molecule has 1 aromatic rings. The second kappa shape index (κ2) is 3.22. The van der Waals surface area contributed by atoms with Gasteiger partial charge in [0.1, 0.15) is 0 Å². The van der Waals surface area contributed by atoms with E-state index in [1.165, 1.54) is 28.6 Å². The third-order valence-electron chi connectivity index (χ3n) is 3.86. The van der Waals surface area contributed by atoms with Gasteiger partial charge in [0.15, 0.2) is 0 Å². The van der Waals surface area contributed by atoms with Gasteiger partial charge < -0.3 is 10.2 Å². The average Bonchev–Trinajstić information content (AvgIpc) is 2.78. The smallest absolute Gasteiger partial charge is 0.0576 e. The summed E-state index contributed by atoms with van der Waals surface area (Å²) in [6, 6.07) is 6.64. The molecule has 1 unspecified atom stereocenters. The molecule has 2 aliphatic rings. The summed E-state index contributed by atoms with van der Waals surface area (Å²) < 4.78 is 1.18. The van der Waals surface area contributed by atoms with Gasteiger partial charge in [-0.3, -0.25) is 0 Å². The summed E-state index contributed by atoms with van der Waals surface area (Å²) in [6.07, 6.45) is 2.45. The van der Waals surface area contributed by atoms with Crippen LogP contribution in [0.3, 0.4) is 0 Å². The first kappa shape index (κ1) is 9.67. The van der Waals surface area contributed by atoms with Gasteiger partial charge >= 0.3 is 0 Å². The van der Waals surface area contributed by atoms with Crippen LogP contribution in [0.25, 0.3) is 0 Å². The van der Waals surface area contributed by atoms with Crippen LogP contribution in [-0.4, -0.2) is 25.7 Å². The fourth-order valence-corrected chi connectivity index (χ4v) is 3.24. The lowest BCUT2D eigenvalue weighted by Crippen LogP contribution is -2.46. The van der Waals surface area contributed by atoms with Gasteiger partial charge in [0, 0.05) is 23.8 Å². The quantitative estimate of drug-likeness (QED) is 0.775. The van der Waals surface area contributed by atoms with E-state index in [-0.39, 0.29) is 0 Å². The van der Waals surface area contributed by atoms with E-state index in [9.17, 15) is 0 Å². The Labute approximate surface area is 98.8 Å². The molecule has 0 aromatic heterocycles. The van der Waals surface area contributed by atoms with E-state index in [4.69, 9.17) is 0 Å². The Bertz CT molecular complexity index is 397. The Morgan fingerprint density at radius 1 is 1.47 bits per heavy atom. The summed E-state index contributed by atoms with van der Waals surface area (Å²) in [7, 11) is 2.23. The number of fused-ring (bicyclic) bond motifs is 1. The lowest BCUT2D eigenvalue weighted by Gasteiger charge is -2.33. The number of halogens is 1. The lowest BCUT2D eigenvalue weighted by molar-refractivity contribution is 0.465. The van der Waals surface area contributed by atoms with Crippen molar-refractivity contribution >= 4 is 21.6 Å². The van der Waals surface area contributed by atoms with Crippen molar-refractivity contribution in [2.24, 2.45) is 0 Å². The summed E-state index contributed by atoms with van der Waals surface area (Å²) in [5.74, 6) is 0. The van der Waals surface area contributed by atoms with Crippen LogP contribution in [-0.2, 0) is 6.42 Å². The zero-order valence-electron chi connectivity index (χ0n) is 8.89. The van der Waals surface area contributed by atoms with Gasteiger partial charge in [-0.1, -0.05) is 22.0 Å². The predicted molar refractivity (Wildman–Crippen MR) is 66.5 cm³/mol. The van der Waals surface area contributed by atoms with Crippen LogP contribution in [0.4, 0.5) is 5.69 Å². The minimum Gasteiger partial charge on any atom is -0.367 e. The molecule has 15 heavy (non-hydrogen) atoms. The number of hydrogen-bond donors (Lipinski definition) is 1. The number of nitrogens with one attached hydrogen (secondary N) is 1. The largest absolute Gasteiger partial charge is 0.367 e. The van der Waals surface area contributed by atoms with E-state index in [1.54, 1.807) is 0 Å². The van der Waals surface area contributed by atoms with Crippen LogP contribution in [0.5, 0.6) is 0 Å². The first-order chi connectivity index (χ1) is 7.21. The van der Waals surface area contributed by atoms with Crippen molar-refractivity contribution in [1.82, 2.24) is 5.32 Å². The monoisotopic (exact) mass is 266 g/mol. The predicted octanol–water partition coefficient (Wildman–Crippen LogP) is 2.17. The molecule has 1 atom stereocenters. The summed E-state index contributed by atoms with van der Waals surface area (Å²) >= 11 is 3.55. The molecule has 1 saturated heterocycles. The highest BCUT2D eigenvalue weighted by atomic mass is 79.9. The number of hydrogen-bond acceptors (Lipinski definition) is 2. The van der Waals surface area contributed by atoms with Crippen LogP contribution in [0.1, 0.15) is 12.0 Å². The molecule has 0 saturated carbocycles. The normalized spacial score (nSPS) is 28.8. The van der Waals surface area contributed by atoms with Gasteiger partial charge in [-0.25, -0.2) is 0 Å². The van der Waals surface area contributed by atoms with E-state index >= 15 is 0 Å². The molecule has 2 aliphatic heterocycles. The topological polar surface area (TPSA) is 15.3 Å². The molecule has 2 nitrogen and oxygen atoms in total. The molecular formula is C12H15BrN2. The SMILES string of the molecule is CN1c2cc(Br)ccc2CC12CCNC2. The lowest BCUT2D eigenvalue weighted by atomic mass is 9.94. The third kappa shape index (κ3) is 1.33. The summed E-state index contributed by atoms with van der Waals surface area (Å²) in [6.45, 7) is 2.27. The minimum absolute atomic E-state index is 0.350. The van der Waals surface area contributed by atoms with Crippen molar-refractivity contribution in [3.63, 3.8) is 0 Å². The molecule has 0 bridgehead atoms. The number of nitrogens with zero attached hydrogens (tertiary/aromatic N) is 1. The Balaban J connectivity index is 2.04. The second-order valence-electron chi connectivity index (χ2n) is 4.66. The third-order valence-corrected chi connectivity index (χ3v) is 4.35. The van der Waals surface area contributed by atoms with Crippen molar-refractivity contribution in [3.8, 4) is 0 Å². The highest BCUT2D eigenvalue weighted by Gasteiger charge is 2.43. The molecule has 3 rings (SSSR count). The van der Waals surface area contributed by atoms with Crippen LogP contribution in [0.15, 0.2) is 22.7 Å². The summed E-state index contributed by atoms with van der Waals surface area (Å²) in [5.41, 5.74) is 3.24. The zero-order chi connectivity index (χ0) is 10.5. The van der Waals surface area contributed by atoms with E-state index in [1.807, 2.05) is 0 Å². The molecule has 1 aromatic carbocycles. The first-order valence-electron chi connectivity index (χ1n) is 5.44. The number of benzene rings is 1. The van der Waals surface area contributed by atoms with Gasteiger partial charge in [-0.2, -0.15) is 0 Å². The Hall–Kier alpha value is -0.540. The van der Waals surface area contributed by atoms with Gasteiger partial charge in [0.05, 0.1) is 5.54 Å². The van der Waals surface area contributed by atoms with Crippen molar-refractivity contribution < 1.29 is 0 Å². The van der Waals surface area contributed by atoms with E-state index < -0.39 is 0 Å². The second-order valence-corrected chi connectivity index (χ2v) is 5.58.